The highest BCUT2D eigenvalue weighted by Gasteiger charge is 2.62. The molecule has 5 heteroatoms. The fourth-order valence-corrected chi connectivity index (χ4v) is 9.88. The van der Waals surface area contributed by atoms with E-state index in [2.05, 4.69) is 34.6 Å². The Morgan fingerprint density at radius 2 is 1.70 bits per heavy atom. The number of hydrogen-bond donors (Lipinski definition) is 2. The van der Waals surface area contributed by atoms with Crippen LogP contribution in [0, 0.1) is 39.9 Å². The third-order valence-corrected chi connectivity index (χ3v) is 11.7. The van der Waals surface area contributed by atoms with Gasteiger partial charge in [0.05, 0.1) is 5.60 Å². The minimum Gasteiger partial charge on any atom is -0.478 e. The summed E-state index contributed by atoms with van der Waals surface area (Å²) in [6.07, 6.45) is 10.4. The van der Waals surface area contributed by atoms with Crippen molar-refractivity contribution in [1.82, 2.24) is 0 Å². The van der Waals surface area contributed by atoms with Gasteiger partial charge in [-0.1, -0.05) is 51.8 Å². The Bertz CT molecular complexity index is 1000. The highest BCUT2D eigenvalue weighted by atomic mass is 16.5. The molecule has 4 aliphatic rings. The van der Waals surface area contributed by atoms with Gasteiger partial charge >= 0.3 is 11.9 Å². The van der Waals surface area contributed by atoms with Crippen molar-refractivity contribution in [2.75, 3.05) is 0 Å². The molecule has 5 nitrogen and oxygen atoms in total. The summed E-state index contributed by atoms with van der Waals surface area (Å²) in [6.45, 7) is 17.1. The number of carboxylic acid groups (broad SMARTS) is 1. The molecule has 0 aromatic heterocycles. The molecule has 4 rings (SSSR count). The molecule has 0 aromatic carbocycles. The molecule has 0 bridgehead atoms. The average Bonchev–Trinajstić information content (AvgIpc) is 3.16. The number of aliphatic hydroxyl groups is 1. The number of ether oxygens (including phenoxy) is 1. The molecular weight excluding hydrogens is 464 g/mol. The topological polar surface area (TPSA) is 83.8 Å². The van der Waals surface area contributed by atoms with E-state index in [1.165, 1.54) is 6.92 Å². The molecule has 37 heavy (non-hydrogen) atoms. The Labute approximate surface area is 224 Å². The maximum atomic E-state index is 11.8. The van der Waals surface area contributed by atoms with Crippen LogP contribution >= 0.6 is 0 Å². The van der Waals surface area contributed by atoms with Gasteiger partial charge in [-0.25, -0.2) is 4.79 Å². The van der Waals surface area contributed by atoms with Gasteiger partial charge in [0, 0.05) is 17.9 Å². The zero-order valence-corrected chi connectivity index (χ0v) is 24.4. The first-order valence-corrected chi connectivity index (χ1v) is 14.6. The highest BCUT2D eigenvalue weighted by molar-refractivity contribution is 5.85. The second kappa shape index (κ2) is 9.54. The van der Waals surface area contributed by atoms with Gasteiger partial charge < -0.3 is 14.9 Å². The molecule has 0 saturated heterocycles. The smallest absolute Gasteiger partial charge is 0.330 e. The summed E-state index contributed by atoms with van der Waals surface area (Å²) in [5.74, 6) is 0.593. The fraction of sp³-hybridized carbons (Fsp3) is 0.812. The maximum absolute atomic E-state index is 11.8. The van der Waals surface area contributed by atoms with Crippen molar-refractivity contribution in [1.29, 1.82) is 0 Å². The summed E-state index contributed by atoms with van der Waals surface area (Å²) < 4.78 is 5.84. The summed E-state index contributed by atoms with van der Waals surface area (Å²) in [6, 6.07) is 0. The van der Waals surface area contributed by atoms with Crippen molar-refractivity contribution in [3.05, 3.63) is 22.8 Å². The fourth-order valence-electron chi connectivity index (χ4n) is 9.88. The van der Waals surface area contributed by atoms with E-state index >= 15 is 0 Å². The number of allylic oxidation sites excluding steroid dienone is 3. The first-order chi connectivity index (χ1) is 17.1. The second-order valence-electron chi connectivity index (χ2n) is 14.3. The molecule has 2 saturated carbocycles. The highest BCUT2D eigenvalue weighted by Crippen LogP contribution is 2.69. The van der Waals surface area contributed by atoms with Crippen LogP contribution in [0.15, 0.2) is 22.8 Å². The standard InChI is InChI=1S/C32H50O5/c1-19(28(34)35)10-9-15-32(8,36)23-13-16-31(7)22-11-12-25-29(4,5)26(37-21(3)33)14-17-30(25,6)24(22)18-20(2)27(23)31/h10,20,23,25-27,36H,9,11-18H2,1-8H3,(H,34,35)/b19-10-/t20-,23+,25+,26-,27+,30-,31+,32+/m1/s1. The monoisotopic (exact) mass is 514 g/mol. The molecule has 0 radical (unpaired) electrons. The summed E-state index contributed by atoms with van der Waals surface area (Å²) in [5, 5.41) is 20.9. The van der Waals surface area contributed by atoms with Gasteiger partial charge in [0.1, 0.15) is 6.10 Å². The molecule has 4 aliphatic carbocycles. The van der Waals surface area contributed by atoms with E-state index in [1.54, 1.807) is 24.1 Å². The molecule has 2 N–H and O–H groups in total. The van der Waals surface area contributed by atoms with Crippen LogP contribution in [-0.4, -0.2) is 33.9 Å². The molecule has 0 spiro atoms. The quantitative estimate of drug-likeness (QED) is 0.225. The van der Waals surface area contributed by atoms with Crippen LogP contribution in [0.5, 0.6) is 0 Å². The first kappa shape index (κ1) is 28.4. The Morgan fingerprint density at radius 1 is 1.05 bits per heavy atom. The van der Waals surface area contributed by atoms with Crippen LogP contribution in [0.2, 0.25) is 0 Å². The Kier molecular flexibility index (Phi) is 7.32. The predicted molar refractivity (Wildman–Crippen MR) is 146 cm³/mol. The molecule has 8 atom stereocenters. The van der Waals surface area contributed by atoms with E-state index in [4.69, 9.17) is 4.74 Å². The van der Waals surface area contributed by atoms with Crippen molar-refractivity contribution in [3.8, 4) is 0 Å². The van der Waals surface area contributed by atoms with Crippen molar-refractivity contribution in [2.24, 2.45) is 39.9 Å². The molecule has 0 heterocycles. The second-order valence-corrected chi connectivity index (χ2v) is 14.3. The van der Waals surface area contributed by atoms with Gasteiger partial charge in [0.2, 0.25) is 0 Å². The summed E-state index contributed by atoms with van der Waals surface area (Å²) in [4.78, 5) is 23.0. The minimum absolute atomic E-state index is 0.0145. The Balaban J connectivity index is 1.62. The number of carbonyl (C=O) groups is 2. The van der Waals surface area contributed by atoms with E-state index in [1.807, 2.05) is 6.92 Å². The lowest BCUT2D eigenvalue weighted by Crippen LogP contribution is -2.55. The van der Waals surface area contributed by atoms with Crippen molar-refractivity contribution >= 4 is 11.9 Å². The third-order valence-electron chi connectivity index (χ3n) is 11.7. The predicted octanol–water partition coefficient (Wildman–Crippen LogP) is 7.09. The normalized spacial score (nSPS) is 40.8. The van der Waals surface area contributed by atoms with Gasteiger partial charge in [-0.05, 0) is 106 Å². The number of carbonyl (C=O) groups excluding carboxylic acids is 1. The molecule has 208 valence electrons. The van der Waals surface area contributed by atoms with E-state index in [9.17, 15) is 19.8 Å². The molecule has 0 aromatic rings. The van der Waals surface area contributed by atoms with E-state index in [-0.39, 0.29) is 34.2 Å². The molecule has 0 amide bonds. The lowest BCUT2D eigenvalue weighted by atomic mass is 9.44. The number of esters is 1. The number of carboxylic acids is 1. The molecule has 2 fully saturated rings. The molecule has 0 unspecified atom stereocenters. The van der Waals surface area contributed by atoms with Crippen LogP contribution in [0.3, 0.4) is 0 Å². The molecular formula is C32H50O5. The van der Waals surface area contributed by atoms with E-state index in [0.29, 0.717) is 36.2 Å². The number of fused-ring (bicyclic) bond motifs is 4. The average molecular weight is 515 g/mol. The van der Waals surface area contributed by atoms with Crippen LogP contribution in [0.4, 0.5) is 0 Å². The van der Waals surface area contributed by atoms with E-state index < -0.39 is 11.6 Å². The van der Waals surface area contributed by atoms with Crippen LogP contribution in [0.1, 0.15) is 113 Å². The van der Waals surface area contributed by atoms with E-state index in [0.717, 1.165) is 44.9 Å². The van der Waals surface area contributed by atoms with Crippen LogP contribution < -0.4 is 0 Å². The lowest BCUT2D eigenvalue weighted by Gasteiger charge is -2.61. The Hall–Kier alpha value is -1.62. The minimum atomic E-state index is -0.886. The van der Waals surface area contributed by atoms with Crippen molar-refractivity contribution in [2.45, 2.75) is 125 Å². The zero-order valence-electron chi connectivity index (χ0n) is 24.4. The number of hydrogen-bond acceptors (Lipinski definition) is 4. The van der Waals surface area contributed by atoms with Crippen molar-refractivity contribution in [3.63, 3.8) is 0 Å². The summed E-state index contributed by atoms with van der Waals surface area (Å²) >= 11 is 0. The zero-order chi connectivity index (χ0) is 27.6. The van der Waals surface area contributed by atoms with Gasteiger partial charge in [-0.2, -0.15) is 0 Å². The van der Waals surface area contributed by atoms with Gasteiger partial charge in [-0.3, -0.25) is 4.79 Å². The van der Waals surface area contributed by atoms with Gasteiger partial charge in [0.15, 0.2) is 0 Å². The van der Waals surface area contributed by atoms with Crippen LogP contribution in [-0.2, 0) is 14.3 Å². The van der Waals surface area contributed by atoms with Gasteiger partial charge in [-0.15, -0.1) is 0 Å². The number of aliphatic carboxylic acids is 1. The first-order valence-electron chi connectivity index (χ1n) is 14.6. The summed E-state index contributed by atoms with van der Waals surface area (Å²) in [7, 11) is 0. The SMILES string of the molecule is CC(=O)O[C@@H]1CC[C@]2(C)C3=C(CC[C@H]2C1(C)C)[C@]1(C)CC[C@H]([C@@](C)(O)CC/C=C(/C)C(=O)O)[C@@H]1[C@H](C)C3. The maximum Gasteiger partial charge on any atom is 0.330 e. The Morgan fingerprint density at radius 3 is 2.32 bits per heavy atom. The molecule has 0 aliphatic heterocycles. The van der Waals surface area contributed by atoms with Crippen molar-refractivity contribution < 1.29 is 24.5 Å². The van der Waals surface area contributed by atoms with Crippen LogP contribution in [0.25, 0.3) is 0 Å². The largest absolute Gasteiger partial charge is 0.478 e. The van der Waals surface area contributed by atoms with Gasteiger partial charge in [0.25, 0.3) is 0 Å². The lowest BCUT2D eigenvalue weighted by molar-refractivity contribution is -0.167. The number of rotatable bonds is 6. The third kappa shape index (κ3) is 4.61. The summed E-state index contributed by atoms with van der Waals surface area (Å²) in [5.41, 5.74) is 3.09.